The van der Waals surface area contributed by atoms with Crippen LogP contribution in [0.1, 0.15) is 306 Å². The first kappa shape index (κ1) is 71.8. The number of fused-ring (bicyclic) bond motifs is 2. The lowest BCUT2D eigenvalue weighted by Crippen LogP contribution is -2.53. The fraction of sp³-hybridized carbons (Fsp3) is 0.822. The van der Waals surface area contributed by atoms with Crippen molar-refractivity contribution in [1.82, 2.24) is 0 Å². The van der Waals surface area contributed by atoms with E-state index in [1.165, 1.54) is 146 Å². The number of ether oxygens (including phenoxy) is 5. The van der Waals surface area contributed by atoms with Gasteiger partial charge in [0, 0.05) is 17.3 Å². The van der Waals surface area contributed by atoms with Crippen LogP contribution in [0.25, 0.3) is 0 Å². The first-order chi connectivity index (χ1) is 39.9. The molecule has 0 radical (unpaired) electrons. The van der Waals surface area contributed by atoms with E-state index in [1.807, 2.05) is 6.08 Å². The van der Waals surface area contributed by atoms with Crippen LogP contribution in [0.15, 0.2) is 46.6 Å². The van der Waals surface area contributed by atoms with Crippen molar-refractivity contribution in [3.63, 3.8) is 0 Å². The highest BCUT2D eigenvalue weighted by Gasteiger charge is 2.57. The maximum Gasteiger partial charge on any atom is 0.306 e. The summed E-state index contributed by atoms with van der Waals surface area (Å²) < 4.78 is 28.1. The Morgan fingerprint density at radius 1 is 0.458 bits per heavy atom. The van der Waals surface area contributed by atoms with Gasteiger partial charge in [-0.25, -0.2) is 0 Å². The Morgan fingerprint density at radius 2 is 0.783 bits per heavy atom. The molecule has 0 aromatic carbocycles. The van der Waals surface area contributed by atoms with E-state index in [-0.39, 0.29) is 71.9 Å². The Kier molecular flexibility index (Phi) is 33.3. The average molecular weight is 1160 g/mol. The number of unbranched alkanes of at least 4 members (excludes halogenated alkanes) is 20. The summed E-state index contributed by atoms with van der Waals surface area (Å²) in [7, 11) is 1.33. The Morgan fingerprint density at radius 3 is 1.14 bits per heavy atom. The summed E-state index contributed by atoms with van der Waals surface area (Å²) in [4.78, 5) is 63.4. The SMILES string of the molecule is CCCCCCCCCCCCCCCCCCCCCCCC(=O)OC/C=C(\C)CC[C@@]1(C)[C@H](C)CC[C@@]2(COC(=O)CCC(=O)OC/C=C(\C)CC[C@@]3(C)[C@H](C)CC[C@@]4(COC(=O)CCC(=O)OC)C(C)=CCC[C@@H]43)C(C)=CCC[C@@H]21. The van der Waals surface area contributed by atoms with E-state index in [2.05, 4.69) is 80.5 Å². The summed E-state index contributed by atoms with van der Waals surface area (Å²) in [6.45, 7) is 21.7. The van der Waals surface area contributed by atoms with Gasteiger partial charge in [-0.15, -0.1) is 0 Å². The molecule has 0 aromatic rings. The second kappa shape index (κ2) is 38.5. The lowest BCUT2D eigenvalue weighted by atomic mass is 9.46. The predicted molar refractivity (Wildman–Crippen MR) is 338 cm³/mol. The third-order valence-corrected chi connectivity index (χ3v) is 21.8. The number of esters is 5. The zero-order valence-corrected chi connectivity index (χ0v) is 54.9. The zero-order valence-electron chi connectivity index (χ0n) is 54.9. The molecule has 4 aliphatic rings. The molecule has 0 aromatic heterocycles. The van der Waals surface area contributed by atoms with E-state index in [4.69, 9.17) is 23.7 Å². The van der Waals surface area contributed by atoms with Gasteiger partial charge in [-0.05, 0) is 158 Å². The Bertz CT molecular complexity index is 2080. The second-order valence-corrected chi connectivity index (χ2v) is 27.4. The van der Waals surface area contributed by atoms with Gasteiger partial charge in [0.1, 0.15) is 26.4 Å². The standard InChI is InChI=1S/C73H122O10/c1-11-12-13-14-15-16-17-18-19-20-21-22-23-24-25-26-27-28-29-30-31-38-66(75)80-53-47-57(2)43-49-70(8)60(5)46-52-73(62(7)35-33-37-64(70)73)56-83-69(78)42-41-67(76)81-54-48-58(3)44-50-71(9)59(4)45-51-72(61(6)34-32-36-63(71)72)55-82-68(77)40-39-65(74)79-10/h34-35,47-48,59-60,63-64H,11-33,36-46,49-56H2,1-10H3/b57-47+,58-48+/t59-,60-,63-,64-,70+,71+,72-,73-/m1/s1. The van der Waals surface area contributed by atoms with Crippen LogP contribution in [0.2, 0.25) is 0 Å². The minimum absolute atomic E-state index is 0.0118. The van der Waals surface area contributed by atoms with Crippen molar-refractivity contribution < 1.29 is 47.7 Å². The first-order valence-electron chi connectivity index (χ1n) is 34.2. The molecule has 0 amide bonds. The number of hydrogen-bond acceptors (Lipinski definition) is 10. The van der Waals surface area contributed by atoms with Crippen LogP contribution in [0.3, 0.4) is 0 Å². The fourth-order valence-corrected chi connectivity index (χ4v) is 15.4. The molecule has 2 saturated carbocycles. The van der Waals surface area contributed by atoms with Crippen molar-refractivity contribution in [2.45, 2.75) is 306 Å². The average Bonchev–Trinajstić information content (AvgIpc) is 1.93. The van der Waals surface area contributed by atoms with Gasteiger partial charge in [0.05, 0.1) is 32.8 Å². The normalized spacial score (nSPS) is 26.2. The van der Waals surface area contributed by atoms with Crippen molar-refractivity contribution in [3.05, 3.63) is 46.6 Å². The molecule has 0 heterocycles. The number of methoxy groups -OCH3 is 1. The summed E-state index contributed by atoms with van der Waals surface area (Å²) in [5, 5.41) is 0. The molecule has 2 fully saturated rings. The van der Waals surface area contributed by atoms with Crippen LogP contribution >= 0.6 is 0 Å². The summed E-state index contributed by atoms with van der Waals surface area (Å²) >= 11 is 0. The van der Waals surface area contributed by atoms with Crippen LogP contribution in [-0.2, 0) is 47.7 Å². The first-order valence-corrected chi connectivity index (χ1v) is 34.2. The van der Waals surface area contributed by atoms with Crippen molar-refractivity contribution in [3.8, 4) is 0 Å². The third kappa shape index (κ3) is 23.5. The molecule has 4 aliphatic carbocycles. The molecule has 0 bridgehead atoms. The van der Waals surface area contributed by atoms with E-state index in [9.17, 15) is 24.0 Å². The van der Waals surface area contributed by atoms with Crippen molar-refractivity contribution >= 4 is 29.8 Å². The van der Waals surface area contributed by atoms with Crippen LogP contribution in [0.4, 0.5) is 0 Å². The second-order valence-electron chi connectivity index (χ2n) is 27.4. The van der Waals surface area contributed by atoms with Gasteiger partial charge in [-0.1, -0.05) is 197 Å². The third-order valence-electron chi connectivity index (χ3n) is 21.8. The van der Waals surface area contributed by atoms with E-state index in [0.29, 0.717) is 49.9 Å². The highest BCUT2D eigenvalue weighted by molar-refractivity contribution is 5.78. The predicted octanol–water partition coefficient (Wildman–Crippen LogP) is 19.5. The van der Waals surface area contributed by atoms with Crippen LogP contribution in [0.5, 0.6) is 0 Å². The van der Waals surface area contributed by atoms with Gasteiger partial charge in [-0.2, -0.15) is 0 Å². The van der Waals surface area contributed by atoms with E-state index in [0.717, 1.165) is 95.5 Å². The smallest absolute Gasteiger partial charge is 0.306 e. The van der Waals surface area contributed by atoms with Gasteiger partial charge >= 0.3 is 29.8 Å². The van der Waals surface area contributed by atoms with E-state index >= 15 is 0 Å². The molecular weight excluding hydrogens is 1040 g/mol. The zero-order chi connectivity index (χ0) is 60.6. The summed E-state index contributed by atoms with van der Waals surface area (Å²) in [5.41, 5.74) is 4.64. The van der Waals surface area contributed by atoms with Crippen LogP contribution in [-0.4, -0.2) is 63.4 Å². The number of rotatable bonds is 42. The fourth-order valence-electron chi connectivity index (χ4n) is 15.4. The maximum atomic E-state index is 13.4. The summed E-state index contributed by atoms with van der Waals surface area (Å²) in [6, 6.07) is 0. The minimum Gasteiger partial charge on any atom is -0.469 e. The highest BCUT2D eigenvalue weighted by Crippen LogP contribution is 2.64. The molecule has 4 rings (SSSR count). The number of carbonyl (C=O) groups excluding carboxylic acids is 5. The number of hydrogen-bond donors (Lipinski definition) is 0. The van der Waals surface area contributed by atoms with Gasteiger partial charge in [0.25, 0.3) is 0 Å². The Hall–Kier alpha value is -3.69. The molecule has 83 heavy (non-hydrogen) atoms. The molecule has 0 unspecified atom stereocenters. The number of allylic oxidation sites excluding steroid dienone is 4. The highest BCUT2D eigenvalue weighted by atomic mass is 16.5. The van der Waals surface area contributed by atoms with Crippen molar-refractivity contribution in [2.75, 3.05) is 33.5 Å². The molecule has 0 N–H and O–H groups in total. The molecule has 8 atom stereocenters. The summed E-state index contributed by atoms with van der Waals surface area (Å²) in [5.74, 6) is 0.0794. The molecule has 10 nitrogen and oxygen atoms in total. The molecule has 0 spiro atoms. The van der Waals surface area contributed by atoms with E-state index < -0.39 is 11.9 Å². The van der Waals surface area contributed by atoms with Crippen molar-refractivity contribution in [1.29, 1.82) is 0 Å². The number of carbonyl (C=O) groups is 5. The molecule has 474 valence electrons. The monoisotopic (exact) mass is 1160 g/mol. The topological polar surface area (TPSA) is 132 Å². The Labute approximate surface area is 507 Å². The lowest BCUT2D eigenvalue weighted by Gasteiger charge is -2.59. The molecule has 10 heteroatoms. The molecule has 0 aliphatic heterocycles. The maximum absolute atomic E-state index is 13.4. The van der Waals surface area contributed by atoms with Gasteiger partial charge in [-0.3, -0.25) is 24.0 Å². The van der Waals surface area contributed by atoms with Crippen LogP contribution in [0, 0.1) is 45.3 Å². The van der Waals surface area contributed by atoms with Gasteiger partial charge in [0.2, 0.25) is 0 Å². The van der Waals surface area contributed by atoms with Crippen molar-refractivity contribution in [2.24, 2.45) is 45.3 Å². The lowest BCUT2D eigenvalue weighted by molar-refractivity contribution is -0.157. The largest absolute Gasteiger partial charge is 0.469 e. The Balaban J connectivity index is 1.10. The summed E-state index contributed by atoms with van der Waals surface area (Å²) in [6.07, 6.45) is 49.6. The van der Waals surface area contributed by atoms with E-state index in [1.54, 1.807) is 0 Å². The van der Waals surface area contributed by atoms with Gasteiger partial charge < -0.3 is 23.7 Å². The van der Waals surface area contributed by atoms with Gasteiger partial charge in [0.15, 0.2) is 0 Å². The molecular formula is C73H122O10. The quantitative estimate of drug-likeness (QED) is 0.0252. The molecule has 0 saturated heterocycles. The van der Waals surface area contributed by atoms with Crippen LogP contribution < -0.4 is 0 Å². The minimum atomic E-state index is -0.414.